The van der Waals surface area contributed by atoms with Crippen molar-refractivity contribution in [2.75, 3.05) is 6.61 Å². The second-order valence-corrected chi connectivity index (χ2v) is 6.59. The summed E-state index contributed by atoms with van der Waals surface area (Å²) in [6, 6.07) is 11.4. The number of carbonyl (C=O) groups is 1. The third-order valence-corrected chi connectivity index (χ3v) is 4.57. The highest BCUT2D eigenvalue weighted by molar-refractivity contribution is 7.10. The van der Waals surface area contributed by atoms with Crippen LogP contribution in [0, 0.1) is 5.92 Å². The Labute approximate surface area is 134 Å². The lowest BCUT2D eigenvalue weighted by Crippen LogP contribution is -2.46. The van der Waals surface area contributed by atoms with Gasteiger partial charge in [0.1, 0.15) is 6.61 Å². The first-order chi connectivity index (χ1) is 10.6. The average Bonchev–Trinajstić information content (AvgIpc) is 3.05. The molecule has 0 aliphatic carbocycles. The Kier molecular flexibility index (Phi) is 4.34. The number of amides is 1. The number of fused-ring (bicyclic) bond motifs is 1. The van der Waals surface area contributed by atoms with Crippen molar-refractivity contribution < 1.29 is 14.3 Å². The quantitative estimate of drug-likeness (QED) is 0.940. The van der Waals surface area contributed by atoms with E-state index < -0.39 is 6.10 Å². The summed E-state index contributed by atoms with van der Waals surface area (Å²) in [4.78, 5) is 13.7. The van der Waals surface area contributed by atoms with Crippen LogP contribution in [0.1, 0.15) is 24.8 Å². The number of hydrogen-bond acceptors (Lipinski definition) is 4. The maximum absolute atomic E-state index is 12.5. The average molecular weight is 317 g/mol. The van der Waals surface area contributed by atoms with E-state index in [0.29, 0.717) is 17.4 Å². The van der Waals surface area contributed by atoms with Gasteiger partial charge in [0.15, 0.2) is 11.5 Å². The standard InChI is InChI=1S/C17H19NO3S/c1-11(2)16(15-8-5-9-22-15)18-17(19)14-10-20-12-6-3-4-7-13(12)21-14/h3-9,11,14,16H,10H2,1-2H3,(H,18,19)/t14-,16-/m1/s1. The van der Waals surface area contributed by atoms with Crippen LogP contribution in [-0.2, 0) is 4.79 Å². The van der Waals surface area contributed by atoms with Crippen LogP contribution >= 0.6 is 11.3 Å². The number of rotatable bonds is 4. The molecule has 0 saturated carbocycles. The number of thiophene rings is 1. The minimum Gasteiger partial charge on any atom is -0.485 e. The number of ether oxygens (including phenoxy) is 2. The molecule has 2 heterocycles. The SMILES string of the molecule is CC(C)[C@@H](NC(=O)[C@H]1COc2ccccc2O1)c1cccs1. The largest absolute Gasteiger partial charge is 0.485 e. The Morgan fingerprint density at radius 3 is 2.68 bits per heavy atom. The van der Waals surface area contributed by atoms with E-state index in [1.165, 1.54) is 0 Å². The molecule has 1 aromatic carbocycles. The van der Waals surface area contributed by atoms with E-state index in [2.05, 4.69) is 19.2 Å². The van der Waals surface area contributed by atoms with Crippen LogP contribution in [0.3, 0.4) is 0 Å². The Balaban J connectivity index is 1.69. The van der Waals surface area contributed by atoms with Crippen molar-refractivity contribution in [1.82, 2.24) is 5.32 Å². The van der Waals surface area contributed by atoms with Gasteiger partial charge in [-0.15, -0.1) is 11.3 Å². The molecular formula is C17H19NO3S. The van der Waals surface area contributed by atoms with E-state index in [4.69, 9.17) is 9.47 Å². The van der Waals surface area contributed by atoms with Crippen LogP contribution in [0.5, 0.6) is 11.5 Å². The zero-order valence-corrected chi connectivity index (χ0v) is 13.4. The minimum atomic E-state index is -0.615. The number of benzene rings is 1. The molecule has 0 fully saturated rings. The molecule has 22 heavy (non-hydrogen) atoms. The predicted molar refractivity (Wildman–Crippen MR) is 86.4 cm³/mol. The number of para-hydroxylation sites is 2. The highest BCUT2D eigenvalue weighted by Crippen LogP contribution is 2.31. The Bertz CT molecular complexity index is 639. The van der Waals surface area contributed by atoms with Crippen molar-refractivity contribution in [3.8, 4) is 11.5 Å². The summed E-state index contributed by atoms with van der Waals surface area (Å²) in [6.45, 7) is 4.43. The molecular weight excluding hydrogens is 298 g/mol. The van der Waals surface area contributed by atoms with E-state index >= 15 is 0 Å². The highest BCUT2D eigenvalue weighted by Gasteiger charge is 2.30. The van der Waals surface area contributed by atoms with Gasteiger partial charge in [0.05, 0.1) is 6.04 Å². The van der Waals surface area contributed by atoms with E-state index in [9.17, 15) is 4.79 Å². The summed E-state index contributed by atoms with van der Waals surface area (Å²) in [7, 11) is 0. The number of hydrogen-bond donors (Lipinski definition) is 1. The first-order valence-corrected chi connectivity index (χ1v) is 8.25. The van der Waals surface area contributed by atoms with Crippen LogP contribution < -0.4 is 14.8 Å². The molecule has 0 unspecified atom stereocenters. The predicted octanol–water partition coefficient (Wildman–Crippen LogP) is 3.40. The fraction of sp³-hybridized carbons (Fsp3) is 0.353. The van der Waals surface area contributed by atoms with Crippen LogP contribution in [-0.4, -0.2) is 18.6 Å². The van der Waals surface area contributed by atoms with Gasteiger partial charge in [0, 0.05) is 4.88 Å². The monoisotopic (exact) mass is 317 g/mol. The molecule has 4 nitrogen and oxygen atoms in total. The van der Waals surface area contributed by atoms with E-state index in [0.717, 1.165) is 4.88 Å². The Hall–Kier alpha value is -2.01. The third kappa shape index (κ3) is 3.09. The minimum absolute atomic E-state index is 0.00623. The fourth-order valence-electron chi connectivity index (χ4n) is 2.43. The van der Waals surface area contributed by atoms with E-state index in [1.54, 1.807) is 11.3 Å². The van der Waals surface area contributed by atoms with Crippen molar-refractivity contribution in [2.24, 2.45) is 5.92 Å². The van der Waals surface area contributed by atoms with Gasteiger partial charge in [-0.1, -0.05) is 32.0 Å². The van der Waals surface area contributed by atoms with Crippen molar-refractivity contribution in [3.63, 3.8) is 0 Å². The molecule has 1 N–H and O–H groups in total. The number of carbonyl (C=O) groups excluding carboxylic acids is 1. The van der Waals surface area contributed by atoms with E-state index in [-0.39, 0.29) is 18.6 Å². The molecule has 0 radical (unpaired) electrons. The third-order valence-electron chi connectivity index (χ3n) is 3.62. The van der Waals surface area contributed by atoms with Crippen LogP contribution in [0.15, 0.2) is 41.8 Å². The van der Waals surface area contributed by atoms with Gasteiger partial charge in [-0.25, -0.2) is 0 Å². The molecule has 1 amide bonds. The van der Waals surface area contributed by atoms with Gasteiger partial charge in [0.2, 0.25) is 6.10 Å². The van der Waals surface area contributed by atoms with Gasteiger partial charge >= 0.3 is 0 Å². The summed E-state index contributed by atoms with van der Waals surface area (Å²) in [6.07, 6.45) is -0.615. The van der Waals surface area contributed by atoms with Crippen LogP contribution in [0.25, 0.3) is 0 Å². The molecule has 1 aliphatic rings. The second kappa shape index (κ2) is 6.40. The van der Waals surface area contributed by atoms with Gasteiger partial charge in [-0.3, -0.25) is 4.79 Å². The first kappa shape index (κ1) is 14.9. The molecule has 5 heteroatoms. The Morgan fingerprint density at radius 2 is 2.00 bits per heavy atom. The van der Waals surface area contributed by atoms with Gasteiger partial charge in [0.25, 0.3) is 5.91 Å². The zero-order valence-electron chi connectivity index (χ0n) is 12.6. The lowest BCUT2D eigenvalue weighted by molar-refractivity contribution is -0.131. The van der Waals surface area contributed by atoms with Crippen molar-refractivity contribution in [1.29, 1.82) is 0 Å². The summed E-state index contributed by atoms with van der Waals surface area (Å²) in [5, 5.41) is 5.11. The fourth-order valence-corrected chi connectivity index (χ4v) is 3.38. The topological polar surface area (TPSA) is 47.6 Å². The maximum atomic E-state index is 12.5. The van der Waals surface area contributed by atoms with Crippen LogP contribution in [0.4, 0.5) is 0 Å². The lowest BCUT2D eigenvalue weighted by atomic mass is 10.0. The summed E-state index contributed by atoms with van der Waals surface area (Å²) in [5.74, 6) is 1.47. The Morgan fingerprint density at radius 1 is 1.23 bits per heavy atom. The normalized spacial score (nSPS) is 18.0. The smallest absolute Gasteiger partial charge is 0.265 e. The first-order valence-electron chi connectivity index (χ1n) is 7.37. The lowest BCUT2D eigenvalue weighted by Gasteiger charge is -2.28. The maximum Gasteiger partial charge on any atom is 0.265 e. The summed E-state index contributed by atoms with van der Waals surface area (Å²) < 4.78 is 11.4. The van der Waals surface area contributed by atoms with Crippen molar-refractivity contribution in [2.45, 2.75) is 26.0 Å². The molecule has 116 valence electrons. The van der Waals surface area contributed by atoms with Crippen LogP contribution in [0.2, 0.25) is 0 Å². The molecule has 0 saturated heterocycles. The molecule has 1 aliphatic heterocycles. The second-order valence-electron chi connectivity index (χ2n) is 5.61. The highest BCUT2D eigenvalue weighted by atomic mass is 32.1. The molecule has 0 bridgehead atoms. The molecule has 2 aromatic rings. The summed E-state index contributed by atoms with van der Waals surface area (Å²) in [5.41, 5.74) is 0. The molecule has 1 aromatic heterocycles. The van der Waals surface area contributed by atoms with Crippen molar-refractivity contribution in [3.05, 3.63) is 46.7 Å². The zero-order chi connectivity index (χ0) is 15.5. The summed E-state index contributed by atoms with van der Waals surface area (Å²) >= 11 is 1.65. The number of nitrogens with one attached hydrogen (secondary N) is 1. The molecule has 2 atom stereocenters. The van der Waals surface area contributed by atoms with E-state index in [1.807, 2.05) is 41.8 Å². The molecule has 0 spiro atoms. The van der Waals surface area contributed by atoms with Gasteiger partial charge < -0.3 is 14.8 Å². The van der Waals surface area contributed by atoms with Gasteiger partial charge in [-0.05, 0) is 29.5 Å². The van der Waals surface area contributed by atoms with Crippen molar-refractivity contribution >= 4 is 17.2 Å². The molecule has 3 rings (SSSR count). The van der Waals surface area contributed by atoms with Gasteiger partial charge in [-0.2, -0.15) is 0 Å².